The number of aliphatic hydroxyl groups is 1. The Hall–Kier alpha value is -0.480. The van der Waals surface area contributed by atoms with E-state index in [0.29, 0.717) is 0 Å². The smallest absolute Gasteiger partial charge is 0.180 e. The molecule has 1 atom stereocenters. The van der Waals surface area contributed by atoms with Gasteiger partial charge in [0.15, 0.2) is 6.23 Å². The summed E-state index contributed by atoms with van der Waals surface area (Å²) < 4.78 is 0. The van der Waals surface area contributed by atoms with Crippen LogP contribution in [0.1, 0.15) is 12.8 Å². The Morgan fingerprint density at radius 3 is 3.45 bits per heavy atom. The largest absolute Gasteiger partial charge is 0.367 e. The summed E-state index contributed by atoms with van der Waals surface area (Å²) in [6.45, 7) is 0. The number of thioether (sulfide) groups is 1. The highest BCUT2D eigenvalue weighted by molar-refractivity contribution is 8.03. The molecule has 0 bridgehead atoms. The summed E-state index contributed by atoms with van der Waals surface area (Å²) in [6, 6.07) is 0. The summed E-state index contributed by atoms with van der Waals surface area (Å²) in [6.07, 6.45) is 3.22. The Kier molecular flexibility index (Phi) is 1.87. The molecule has 0 fully saturated rings. The van der Waals surface area contributed by atoms with Gasteiger partial charge in [-0.3, -0.25) is 0 Å². The maximum absolute atomic E-state index is 9.39. The number of aliphatic imine (C=N–C) groups is 1. The van der Waals surface area contributed by atoms with Gasteiger partial charge in [-0.05, 0) is 18.6 Å². The van der Waals surface area contributed by atoms with Crippen molar-refractivity contribution in [1.29, 1.82) is 0 Å². The van der Waals surface area contributed by atoms with Crippen LogP contribution in [0.5, 0.6) is 0 Å². The molecule has 4 heteroatoms. The lowest BCUT2D eigenvalue weighted by atomic mass is 10.2. The third-order valence-corrected chi connectivity index (χ3v) is 3.08. The molecule has 0 saturated carbocycles. The SMILES string of the molecule is O[C@H]1N=CNC2=C1SCCC2. The molecule has 0 aromatic carbocycles. The first-order chi connectivity index (χ1) is 5.38. The molecule has 0 unspecified atom stereocenters. The van der Waals surface area contributed by atoms with Crippen LogP contribution >= 0.6 is 11.8 Å². The van der Waals surface area contributed by atoms with Gasteiger partial charge < -0.3 is 10.4 Å². The van der Waals surface area contributed by atoms with Crippen LogP contribution in [0.2, 0.25) is 0 Å². The Morgan fingerprint density at radius 1 is 1.73 bits per heavy atom. The van der Waals surface area contributed by atoms with Gasteiger partial charge in [0.05, 0.1) is 11.2 Å². The summed E-state index contributed by atoms with van der Waals surface area (Å²) in [4.78, 5) is 4.87. The van der Waals surface area contributed by atoms with E-state index in [0.717, 1.165) is 22.8 Å². The summed E-state index contributed by atoms with van der Waals surface area (Å²) in [5.74, 6) is 1.10. The van der Waals surface area contributed by atoms with Gasteiger partial charge in [-0.15, -0.1) is 11.8 Å². The van der Waals surface area contributed by atoms with Crippen LogP contribution in [-0.2, 0) is 0 Å². The fourth-order valence-corrected chi connectivity index (χ4v) is 2.32. The molecule has 0 saturated heterocycles. The van der Waals surface area contributed by atoms with Crippen molar-refractivity contribution in [3.8, 4) is 0 Å². The zero-order valence-corrected chi connectivity index (χ0v) is 6.90. The second-order valence-corrected chi connectivity index (χ2v) is 3.73. The van der Waals surface area contributed by atoms with E-state index in [1.165, 1.54) is 6.42 Å². The van der Waals surface area contributed by atoms with Crippen molar-refractivity contribution in [2.45, 2.75) is 19.1 Å². The van der Waals surface area contributed by atoms with Crippen molar-refractivity contribution in [2.75, 3.05) is 5.75 Å². The lowest BCUT2D eigenvalue weighted by Crippen LogP contribution is -2.26. The van der Waals surface area contributed by atoms with Gasteiger partial charge in [0.2, 0.25) is 0 Å². The molecule has 2 rings (SSSR count). The van der Waals surface area contributed by atoms with Gasteiger partial charge >= 0.3 is 0 Å². The van der Waals surface area contributed by atoms with Crippen LogP contribution in [0, 0.1) is 0 Å². The molecule has 0 spiro atoms. The zero-order valence-electron chi connectivity index (χ0n) is 6.08. The molecule has 2 heterocycles. The van der Waals surface area contributed by atoms with Crippen molar-refractivity contribution in [2.24, 2.45) is 4.99 Å². The second-order valence-electron chi connectivity index (χ2n) is 2.59. The Bertz CT molecular complexity index is 224. The fourth-order valence-electron chi connectivity index (χ4n) is 1.27. The topological polar surface area (TPSA) is 44.6 Å². The molecule has 2 aliphatic rings. The molecule has 0 radical (unpaired) electrons. The number of nitrogens with zero attached hydrogens (tertiary/aromatic N) is 1. The minimum Gasteiger partial charge on any atom is -0.367 e. The molecule has 0 amide bonds. The zero-order chi connectivity index (χ0) is 7.68. The van der Waals surface area contributed by atoms with Crippen LogP contribution in [0.3, 0.4) is 0 Å². The van der Waals surface area contributed by atoms with E-state index in [-0.39, 0.29) is 0 Å². The molecule has 11 heavy (non-hydrogen) atoms. The van der Waals surface area contributed by atoms with Gasteiger partial charge in [0, 0.05) is 5.70 Å². The predicted octanol–water partition coefficient (Wildman–Crippen LogP) is 0.675. The van der Waals surface area contributed by atoms with E-state index in [1.807, 2.05) is 0 Å². The van der Waals surface area contributed by atoms with E-state index in [1.54, 1.807) is 18.1 Å². The summed E-state index contributed by atoms with van der Waals surface area (Å²) >= 11 is 1.71. The average Bonchev–Trinajstić information content (AvgIpc) is 2.06. The molecule has 0 aromatic rings. The predicted molar refractivity (Wildman–Crippen MR) is 46.4 cm³/mol. The minimum atomic E-state index is -0.600. The van der Waals surface area contributed by atoms with Gasteiger partial charge in [-0.2, -0.15) is 0 Å². The van der Waals surface area contributed by atoms with E-state index in [2.05, 4.69) is 10.3 Å². The number of hydrogen-bond acceptors (Lipinski definition) is 4. The number of aliphatic hydroxyl groups excluding tert-OH is 1. The van der Waals surface area contributed by atoms with Crippen LogP contribution in [0.15, 0.2) is 15.6 Å². The molecule has 60 valence electrons. The maximum atomic E-state index is 9.39. The highest BCUT2D eigenvalue weighted by Crippen LogP contribution is 2.32. The summed E-state index contributed by atoms with van der Waals surface area (Å²) in [7, 11) is 0. The van der Waals surface area contributed by atoms with Gasteiger partial charge in [-0.25, -0.2) is 4.99 Å². The summed E-state index contributed by atoms with van der Waals surface area (Å²) in [5, 5.41) is 12.4. The first kappa shape index (κ1) is 7.18. The fraction of sp³-hybridized carbons (Fsp3) is 0.571. The van der Waals surface area contributed by atoms with Crippen LogP contribution < -0.4 is 5.32 Å². The highest BCUT2D eigenvalue weighted by Gasteiger charge is 2.21. The van der Waals surface area contributed by atoms with Gasteiger partial charge in [0.25, 0.3) is 0 Å². The average molecular weight is 170 g/mol. The van der Waals surface area contributed by atoms with Crippen molar-refractivity contribution < 1.29 is 5.11 Å². The Labute approximate surface area is 69.6 Å². The highest BCUT2D eigenvalue weighted by atomic mass is 32.2. The molecule has 3 nitrogen and oxygen atoms in total. The lowest BCUT2D eigenvalue weighted by Gasteiger charge is -2.24. The Balaban J connectivity index is 2.23. The third kappa shape index (κ3) is 1.28. The monoisotopic (exact) mass is 170 g/mol. The standard InChI is InChI=1S/C7H10N2OS/c10-7-6-5(8-4-9-7)2-1-3-11-6/h4,7,10H,1-3H2,(H,8,9)/t7-/m1/s1. The van der Waals surface area contributed by atoms with E-state index < -0.39 is 6.23 Å². The molecular weight excluding hydrogens is 160 g/mol. The Morgan fingerprint density at radius 2 is 2.64 bits per heavy atom. The van der Waals surface area contributed by atoms with Crippen molar-refractivity contribution in [3.05, 3.63) is 10.6 Å². The molecule has 2 aliphatic heterocycles. The number of allylic oxidation sites excluding steroid dienone is 1. The van der Waals surface area contributed by atoms with E-state index in [4.69, 9.17) is 0 Å². The van der Waals surface area contributed by atoms with E-state index in [9.17, 15) is 5.11 Å². The number of nitrogens with one attached hydrogen (secondary N) is 1. The lowest BCUT2D eigenvalue weighted by molar-refractivity contribution is 0.226. The normalized spacial score (nSPS) is 29.7. The van der Waals surface area contributed by atoms with Gasteiger partial charge in [0.1, 0.15) is 0 Å². The van der Waals surface area contributed by atoms with E-state index >= 15 is 0 Å². The third-order valence-electron chi connectivity index (χ3n) is 1.82. The van der Waals surface area contributed by atoms with Crippen molar-refractivity contribution in [1.82, 2.24) is 5.32 Å². The first-order valence-electron chi connectivity index (χ1n) is 3.70. The maximum Gasteiger partial charge on any atom is 0.180 e. The molecule has 2 N–H and O–H groups in total. The van der Waals surface area contributed by atoms with Crippen LogP contribution in [0.25, 0.3) is 0 Å². The van der Waals surface area contributed by atoms with Gasteiger partial charge in [-0.1, -0.05) is 0 Å². The molecule has 0 aromatic heterocycles. The molecule has 0 aliphatic carbocycles. The van der Waals surface area contributed by atoms with Crippen molar-refractivity contribution >= 4 is 18.1 Å². The van der Waals surface area contributed by atoms with Crippen molar-refractivity contribution in [3.63, 3.8) is 0 Å². The quantitative estimate of drug-likeness (QED) is 0.562. The summed E-state index contributed by atoms with van der Waals surface area (Å²) in [5.41, 5.74) is 1.16. The first-order valence-corrected chi connectivity index (χ1v) is 4.68. The van der Waals surface area contributed by atoms with Crippen LogP contribution in [0.4, 0.5) is 0 Å². The number of hydrogen-bond donors (Lipinski definition) is 2. The molecular formula is C7H10N2OS. The minimum absolute atomic E-state index is 0.600. The van der Waals surface area contributed by atoms with Crippen LogP contribution in [-0.4, -0.2) is 23.4 Å². The second kappa shape index (κ2) is 2.87. The number of rotatable bonds is 0.